The molecule has 2 aliphatic heterocycles. The summed E-state index contributed by atoms with van der Waals surface area (Å²) in [4.78, 5) is 20.1. The summed E-state index contributed by atoms with van der Waals surface area (Å²) < 4.78 is 46.7. The Balaban J connectivity index is 1.91. The van der Waals surface area contributed by atoms with Gasteiger partial charge in [0, 0.05) is 29.8 Å². The van der Waals surface area contributed by atoms with Gasteiger partial charge in [-0.25, -0.2) is 26.9 Å². The van der Waals surface area contributed by atoms with Crippen molar-refractivity contribution in [1.82, 2.24) is 14.6 Å². The number of aromatic nitrogens is 1. The molecular weight excluding hydrogens is 467 g/mol. The van der Waals surface area contributed by atoms with Crippen LogP contribution >= 0.6 is 23.4 Å². The number of aliphatic imine (C=N–C) groups is 1. The number of thioether (sulfide) groups is 1. The summed E-state index contributed by atoms with van der Waals surface area (Å²) in [7, 11) is -2.59. The van der Waals surface area contributed by atoms with Crippen LogP contribution < -0.4 is 5.32 Å². The van der Waals surface area contributed by atoms with Crippen molar-refractivity contribution in [2.75, 3.05) is 12.8 Å². The van der Waals surface area contributed by atoms with E-state index in [1.54, 1.807) is 46.0 Å². The first kappa shape index (κ1) is 23.8. The maximum Gasteiger partial charge on any atom is 0.437 e. The first-order chi connectivity index (χ1) is 14.2. The quantitative estimate of drug-likeness (QED) is 0.625. The van der Waals surface area contributed by atoms with E-state index in [1.807, 2.05) is 0 Å². The summed E-state index contributed by atoms with van der Waals surface area (Å²) in [5.74, 6) is -1.04. The molecular formula is C19H24ClFN4O4S2. The lowest BCUT2D eigenvalue weighted by molar-refractivity contribution is 0.0602. The SMILES string of the molecule is CN1/C(=N/C(=O)OC(C)(C)C)N[C@](C)(C2=C(F)CC(c3ccnc(Cl)c3)S2)CS1(=O)=O. The molecule has 3 heterocycles. The second-order valence-electron chi connectivity index (χ2n) is 8.55. The number of guanidine groups is 1. The molecule has 1 aromatic heterocycles. The maximum atomic E-state index is 15.0. The maximum absolute atomic E-state index is 15.0. The van der Waals surface area contributed by atoms with Crippen molar-refractivity contribution in [3.05, 3.63) is 39.8 Å². The lowest BCUT2D eigenvalue weighted by Crippen LogP contribution is -2.63. The number of pyridine rings is 1. The van der Waals surface area contributed by atoms with E-state index >= 15 is 4.39 Å². The summed E-state index contributed by atoms with van der Waals surface area (Å²) in [5.41, 5.74) is -1.32. The first-order valence-corrected chi connectivity index (χ1v) is 12.3. The fourth-order valence-electron chi connectivity index (χ4n) is 3.28. The number of carbonyl (C=O) groups excluding carboxylic acids is 1. The fraction of sp³-hybridized carbons (Fsp3) is 0.526. The number of ether oxygens (including phenoxy) is 1. The van der Waals surface area contributed by atoms with Crippen LogP contribution in [0.3, 0.4) is 0 Å². The van der Waals surface area contributed by atoms with Crippen molar-refractivity contribution in [1.29, 1.82) is 0 Å². The van der Waals surface area contributed by atoms with Crippen LogP contribution in [0.5, 0.6) is 0 Å². The number of nitrogens with one attached hydrogen (secondary N) is 1. The molecule has 0 radical (unpaired) electrons. The van der Waals surface area contributed by atoms with E-state index < -0.39 is 38.8 Å². The first-order valence-electron chi connectivity index (χ1n) is 9.44. The van der Waals surface area contributed by atoms with Gasteiger partial charge >= 0.3 is 6.09 Å². The highest BCUT2D eigenvalue weighted by molar-refractivity contribution is 8.03. The number of carbonyl (C=O) groups is 1. The van der Waals surface area contributed by atoms with Crippen molar-refractivity contribution >= 4 is 45.4 Å². The van der Waals surface area contributed by atoms with Gasteiger partial charge < -0.3 is 10.1 Å². The molecule has 0 aromatic carbocycles. The zero-order chi connectivity index (χ0) is 23.2. The van der Waals surface area contributed by atoms with Crippen molar-refractivity contribution in [3.63, 3.8) is 0 Å². The molecule has 8 nitrogen and oxygen atoms in total. The molecule has 1 unspecified atom stereocenters. The Morgan fingerprint density at radius 1 is 1.48 bits per heavy atom. The van der Waals surface area contributed by atoms with Crippen LogP contribution in [0, 0.1) is 0 Å². The molecule has 2 atom stereocenters. The van der Waals surface area contributed by atoms with E-state index in [0.717, 1.165) is 9.87 Å². The minimum atomic E-state index is -3.87. The molecule has 1 aromatic rings. The van der Waals surface area contributed by atoms with Gasteiger partial charge in [0.1, 0.15) is 16.6 Å². The third-order valence-electron chi connectivity index (χ3n) is 4.66. The van der Waals surface area contributed by atoms with Gasteiger partial charge in [-0.2, -0.15) is 0 Å². The molecule has 0 spiro atoms. The van der Waals surface area contributed by atoms with Gasteiger partial charge in [0.05, 0.1) is 11.3 Å². The molecule has 0 bridgehead atoms. The van der Waals surface area contributed by atoms with E-state index in [1.165, 1.54) is 18.8 Å². The lowest BCUT2D eigenvalue weighted by Gasteiger charge is -2.41. The molecule has 1 saturated heterocycles. The van der Waals surface area contributed by atoms with Crippen LogP contribution in [0.15, 0.2) is 34.1 Å². The van der Waals surface area contributed by atoms with Crippen LogP contribution in [-0.4, -0.2) is 53.7 Å². The third kappa shape index (κ3) is 5.32. The number of hydrogen-bond donors (Lipinski definition) is 1. The minimum absolute atomic E-state index is 0.0893. The molecule has 1 N–H and O–H groups in total. The molecule has 3 rings (SSSR count). The molecule has 31 heavy (non-hydrogen) atoms. The highest BCUT2D eigenvalue weighted by Gasteiger charge is 2.48. The van der Waals surface area contributed by atoms with E-state index in [2.05, 4.69) is 15.3 Å². The largest absolute Gasteiger partial charge is 0.442 e. The summed E-state index contributed by atoms with van der Waals surface area (Å²) in [5, 5.41) is 2.97. The second kappa shape index (κ2) is 8.25. The number of allylic oxidation sites excluding steroid dienone is 1. The number of amides is 1. The Kier molecular flexibility index (Phi) is 6.34. The van der Waals surface area contributed by atoms with Gasteiger partial charge in [0.25, 0.3) is 0 Å². The van der Waals surface area contributed by atoms with Gasteiger partial charge in [-0.15, -0.1) is 16.8 Å². The lowest BCUT2D eigenvalue weighted by atomic mass is 10.0. The molecule has 12 heteroatoms. The molecule has 0 saturated carbocycles. The van der Waals surface area contributed by atoms with E-state index in [0.29, 0.717) is 5.15 Å². The highest BCUT2D eigenvalue weighted by atomic mass is 35.5. The van der Waals surface area contributed by atoms with E-state index in [9.17, 15) is 13.2 Å². The summed E-state index contributed by atoms with van der Waals surface area (Å²) >= 11 is 7.17. The van der Waals surface area contributed by atoms with Gasteiger partial charge in [-0.3, -0.25) is 0 Å². The molecule has 1 fully saturated rings. The van der Waals surface area contributed by atoms with Crippen LogP contribution in [0.4, 0.5) is 9.18 Å². The van der Waals surface area contributed by atoms with E-state index in [4.69, 9.17) is 16.3 Å². The van der Waals surface area contributed by atoms with Gasteiger partial charge in [0.15, 0.2) is 0 Å². The number of nitrogens with zero attached hydrogens (tertiary/aromatic N) is 3. The van der Waals surface area contributed by atoms with Crippen molar-refractivity contribution < 1.29 is 22.3 Å². The normalized spacial score (nSPS) is 27.4. The van der Waals surface area contributed by atoms with Gasteiger partial charge in [0.2, 0.25) is 16.0 Å². The Bertz CT molecular complexity index is 1070. The topological polar surface area (TPSA) is 101 Å². The van der Waals surface area contributed by atoms with E-state index in [-0.39, 0.29) is 22.5 Å². The number of hydrogen-bond acceptors (Lipinski definition) is 6. The third-order valence-corrected chi connectivity index (χ3v) is 8.45. The summed E-state index contributed by atoms with van der Waals surface area (Å²) in [6, 6.07) is 3.41. The fourth-order valence-corrected chi connectivity index (χ4v) is 6.44. The summed E-state index contributed by atoms with van der Waals surface area (Å²) in [6.07, 6.45) is 0.685. The average molecular weight is 491 g/mol. The Hall–Kier alpha value is -1.85. The van der Waals surface area contributed by atoms with Crippen LogP contribution in [0.1, 0.15) is 44.9 Å². The van der Waals surface area contributed by atoms with Crippen molar-refractivity contribution in [2.45, 2.75) is 50.5 Å². The second-order valence-corrected chi connectivity index (χ2v) is 12.2. The van der Waals surface area contributed by atoms with Crippen LogP contribution in [0.2, 0.25) is 5.15 Å². The molecule has 170 valence electrons. The minimum Gasteiger partial charge on any atom is -0.442 e. The average Bonchev–Trinajstić information content (AvgIpc) is 3.00. The molecule has 1 amide bonds. The van der Waals surface area contributed by atoms with Crippen LogP contribution in [-0.2, 0) is 14.8 Å². The Morgan fingerprint density at radius 3 is 2.77 bits per heavy atom. The molecule has 0 aliphatic carbocycles. The monoisotopic (exact) mass is 490 g/mol. The number of rotatable bonds is 2. The summed E-state index contributed by atoms with van der Waals surface area (Å²) in [6.45, 7) is 6.59. The Labute approximate surface area is 190 Å². The predicted molar refractivity (Wildman–Crippen MR) is 119 cm³/mol. The molecule has 2 aliphatic rings. The van der Waals surface area contributed by atoms with Crippen LogP contribution in [0.25, 0.3) is 0 Å². The predicted octanol–water partition coefficient (Wildman–Crippen LogP) is 4.01. The van der Waals surface area contributed by atoms with Gasteiger partial charge in [-0.05, 0) is 45.4 Å². The van der Waals surface area contributed by atoms with Crippen molar-refractivity contribution in [3.8, 4) is 0 Å². The smallest absolute Gasteiger partial charge is 0.437 e. The number of halogens is 2. The zero-order valence-electron chi connectivity index (χ0n) is 17.8. The van der Waals surface area contributed by atoms with Crippen molar-refractivity contribution in [2.24, 2.45) is 4.99 Å². The highest BCUT2D eigenvalue weighted by Crippen LogP contribution is 2.52. The number of sulfonamides is 1. The zero-order valence-corrected chi connectivity index (χ0v) is 20.2. The standard InChI is InChI=1S/C19H24ClFN4O4S2/c1-18(2,3)29-17(26)23-16-24-19(4,10-31(27,28)25(16)5)15-12(21)9-13(30-15)11-6-7-22-14(20)8-11/h6-8,13H,9-10H2,1-5H3,(H,23,24,26)/t13?,19-/m0/s1. The Morgan fingerprint density at radius 2 is 2.16 bits per heavy atom. The van der Waals surface area contributed by atoms with Gasteiger partial charge in [-0.1, -0.05) is 11.6 Å².